The molecule has 84 valence electrons. The number of hydrogen-bond acceptors (Lipinski definition) is 2. The Hall–Kier alpha value is -0.570. The molecule has 0 aliphatic heterocycles. The molecule has 0 radical (unpaired) electrons. The van der Waals surface area contributed by atoms with E-state index >= 15 is 0 Å². The molecule has 0 spiro atoms. The van der Waals surface area contributed by atoms with E-state index in [9.17, 15) is 4.79 Å². The van der Waals surface area contributed by atoms with Gasteiger partial charge in [-0.1, -0.05) is 13.8 Å². The van der Waals surface area contributed by atoms with Crippen LogP contribution >= 0.6 is 0 Å². The molecule has 2 N–H and O–H groups in total. The molecule has 0 saturated heterocycles. The zero-order valence-corrected chi connectivity index (χ0v) is 10.1. The van der Waals surface area contributed by atoms with E-state index in [4.69, 9.17) is 5.73 Å². The maximum absolute atomic E-state index is 12.1. The van der Waals surface area contributed by atoms with E-state index < -0.39 is 0 Å². The summed E-state index contributed by atoms with van der Waals surface area (Å²) in [6.07, 6.45) is 1.63. The SMILES string of the molecule is CCC(CC)(CN)C(=O)N(C)C(C)C. The van der Waals surface area contributed by atoms with Gasteiger partial charge in [-0.2, -0.15) is 0 Å². The molecular formula is C11H24N2O. The van der Waals surface area contributed by atoms with Gasteiger partial charge >= 0.3 is 0 Å². The second-order valence-corrected chi connectivity index (χ2v) is 4.20. The second kappa shape index (κ2) is 5.35. The second-order valence-electron chi connectivity index (χ2n) is 4.20. The Balaban J connectivity index is 4.76. The molecule has 1 amide bonds. The van der Waals surface area contributed by atoms with Gasteiger partial charge in [-0.25, -0.2) is 0 Å². The summed E-state index contributed by atoms with van der Waals surface area (Å²) >= 11 is 0. The minimum atomic E-state index is -0.348. The number of rotatable bonds is 5. The molecule has 0 aromatic heterocycles. The third kappa shape index (κ3) is 2.47. The molecule has 0 atom stereocenters. The van der Waals surface area contributed by atoms with Crippen LogP contribution in [0.4, 0.5) is 0 Å². The summed E-state index contributed by atoms with van der Waals surface area (Å²) in [6.45, 7) is 8.54. The molecule has 0 bridgehead atoms. The summed E-state index contributed by atoms with van der Waals surface area (Å²) in [5, 5.41) is 0. The minimum Gasteiger partial charge on any atom is -0.343 e. The topological polar surface area (TPSA) is 46.3 Å². The van der Waals surface area contributed by atoms with Crippen molar-refractivity contribution in [1.82, 2.24) is 4.90 Å². The lowest BCUT2D eigenvalue weighted by Gasteiger charge is -2.35. The van der Waals surface area contributed by atoms with Crippen molar-refractivity contribution >= 4 is 5.91 Å². The van der Waals surface area contributed by atoms with E-state index in [2.05, 4.69) is 0 Å². The van der Waals surface area contributed by atoms with E-state index in [0.717, 1.165) is 12.8 Å². The molecule has 14 heavy (non-hydrogen) atoms. The maximum Gasteiger partial charge on any atom is 0.230 e. The fourth-order valence-electron chi connectivity index (χ4n) is 1.54. The molecule has 0 aliphatic rings. The first kappa shape index (κ1) is 13.4. The third-order valence-corrected chi connectivity index (χ3v) is 3.29. The van der Waals surface area contributed by atoms with Crippen LogP contribution in [0, 0.1) is 5.41 Å². The smallest absolute Gasteiger partial charge is 0.230 e. The Labute approximate surface area is 87.6 Å². The molecule has 0 fully saturated rings. The predicted octanol–water partition coefficient (Wildman–Crippen LogP) is 1.62. The lowest BCUT2D eigenvalue weighted by Crippen LogP contribution is -2.48. The Morgan fingerprint density at radius 3 is 2.00 bits per heavy atom. The van der Waals surface area contributed by atoms with E-state index in [0.29, 0.717) is 6.54 Å². The third-order valence-electron chi connectivity index (χ3n) is 3.29. The molecule has 0 unspecified atom stereocenters. The Bertz CT molecular complexity index is 177. The van der Waals surface area contributed by atoms with Gasteiger partial charge in [0.05, 0.1) is 5.41 Å². The number of carbonyl (C=O) groups is 1. The first-order chi connectivity index (χ1) is 6.45. The maximum atomic E-state index is 12.1. The van der Waals surface area contributed by atoms with E-state index in [1.807, 2.05) is 34.7 Å². The van der Waals surface area contributed by atoms with Crippen LogP contribution in [-0.4, -0.2) is 30.4 Å². The Kier molecular flexibility index (Phi) is 5.13. The number of hydrogen-bond donors (Lipinski definition) is 1. The standard InChI is InChI=1S/C11H24N2O/c1-6-11(7-2,8-12)10(14)13(5)9(3)4/h9H,6-8,12H2,1-5H3. The summed E-state index contributed by atoms with van der Waals surface area (Å²) < 4.78 is 0. The van der Waals surface area contributed by atoms with Gasteiger partial charge in [0.15, 0.2) is 0 Å². The first-order valence-corrected chi connectivity index (χ1v) is 5.42. The zero-order valence-electron chi connectivity index (χ0n) is 10.1. The summed E-state index contributed by atoms with van der Waals surface area (Å²) in [6, 6.07) is 0.242. The first-order valence-electron chi connectivity index (χ1n) is 5.42. The van der Waals surface area contributed by atoms with Crippen molar-refractivity contribution in [3.8, 4) is 0 Å². The molecule has 0 rings (SSSR count). The Morgan fingerprint density at radius 1 is 1.36 bits per heavy atom. The van der Waals surface area contributed by atoms with Crippen molar-refractivity contribution in [2.45, 2.75) is 46.6 Å². The quantitative estimate of drug-likeness (QED) is 0.733. The molecule has 0 heterocycles. The molecule has 0 aromatic rings. The van der Waals surface area contributed by atoms with Gasteiger partial charge in [0.25, 0.3) is 0 Å². The van der Waals surface area contributed by atoms with Gasteiger partial charge in [-0.15, -0.1) is 0 Å². The van der Waals surface area contributed by atoms with E-state index in [1.165, 1.54) is 0 Å². The van der Waals surface area contributed by atoms with Crippen molar-refractivity contribution in [2.75, 3.05) is 13.6 Å². The van der Waals surface area contributed by atoms with Crippen LogP contribution in [0.5, 0.6) is 0 Å². The number of amides is 1. The molecule has 3 heteroatoms. The molecular weight excluding hydrogens is 176 g/mol. The van der Waals surface area contributed by atoms with Crippen molar-refractivity contribution in [2.24, 2.45) is 11.1 Å². The van der Waals surface area contributed by atoms with Crippen molar-refractivity contribution < 1.29 is 4.79 Å². The molecule has 0 aliphatic carbocycles. The minimum absolute atomic E-state index is 0.181. The summed E-state index contributed by atoms with van der Waals surface area (Å²) in [4.78, 5) is 13.9. The van der Waals surface area contributed by atoms with Crippen molar-refractivity contribution in [1.29, 1.82) is 0 Å². The zero-order chi connectivity index (χ0) is 11.4. The molecule has 3 nitrogen and oxygen atoms in total. The van der Waals surface area contributed by atoms with Crippen LogP contribution in [0.15, 0.2) is 0 Å². The van der Waals surface area contributed by atoms with Gasteiger partial charge in [-0.3, -0.25) is 4.79 Å². The Morgan fingerprint density at radius 2 is 1.79 bits per heavy atom. The number of nitrogens with zero attached hydrogens (tertiary/aromatic N) is 1. The average molecular weight is 200 g/mol. The highest BCUT2D eigenvalue weighted by molar-refractivity contribution is 5.83. The number of nitrogens with two attached hydrogens (primary N) is 1. The van der Waals surface area contributed by atoms with Crippen LogP contribution in [0.2, 0.25) is 0 Å². The summed E-state index contributed by atoms with van der Waals surface area (Å²) in [7, 11) is 1.85. The monoisotopic (exact) mass is 200 g/mol. The van der Waals surface area contributed by atoms with Crippen molar-refractivity contribution in [3.05, 3.63) is 0 Å². The van der Waals surface area contributed by atoms with Gasteiger partial charge in [-0.05, 0) is 26.7 Å². The average Bonchev–Trinajstić information content (AvgIpc) is 2.19. The summed E-state index contributed by atoms with van der Waals surface area (Å²) in [5.41, 5.74) is 5.37. The lowest BCUT2D eigenvalue weighted by atomic mass is 9.81. The highest BCUT2D eigenvalue weighted by Gasteiger charge is 2.36. The van der Waals surface area contributed by atoms with Gasteiger partial charge in [0, 0.05) is 19.6 Å². The fourth-order valence-corrected chi connectivity index (χ4v) is 1.54. The predicted molar refractivity (Wildman–Crippen MR) is 60.0 cm³/mol. The van der Waals surface area contributed by atoms with Gasteiger partial charge < -0.3 is 10.6 Å². The van der Waals surface area contributed by atoms with Crippen LogP contribution in [0.25, 0.3) is 0 Å². The summed E-state index contributed by atoms with van der Waals surface area (Å²) in [5.74, 6) is 0.181. The highest BCUT2D eigenvalue weighted by Crippen LogP contribution is 2.27. The van der Waals surface area contributed by atoms with Gasteiger partial charge in [0.2, 0.25) is 5.91 Å². The largest absolute Gasteiger partial charge is 0.343 e. The lowest BCUT2D eigenvalue weighted by molar-refractivity contribution is -0.142. The van der Waals surface area contributed by atoms with Crippen LogP contribution in [0.1, 0.15) is 40.5 Å². The fraction of sp³-hybridized carbons (Fsp3) is 0.909. The highest BCUT2D eigenvalue weighted by atomic mass is 16.2. The molecule has 0 aromatic carbocycles. The number of carbonyl (C=O) groups excluding carboxylic acids is 1. The van der Waals surface area contributed by atoms with Crippen LogP contribution < -0.4 is 5.73 Å². The van der Waals surface area contributed by atoms with Gasteiger partial charge in [0.1, 0.15) is 0 Å². The van der Waals surface area contributed by atoms with Crippen LogP contribution in [-0.2, 0) is 4.79 Å². The van der Waals surface area contributed by atoms with E-state index in [1.54, 1.807) is 4.90 Å². The van der Waals surface area contributed by atoms with Crippen molar-refractivity contribution in [3.63, 3.8) is 0 Å². The molecule has 0 saturated carbocycles. The van der Waals surface area contributed by atoms with Crippen LogP contribution in [0.3, 0.4) is 0 Å². The normalized spacial score (nSPS) is 11.9. The van der Waals surface area contributed by atoms with E-state index in [-0.39, 0.29) is 17.4 Å².